The molecule has 2 nitrogen and oxygen atoms in total. The fourth-order valence-corrected chi connectivity index (χ4v) is 1.00. The van der Waals surface area contributed by atoms with E-state index in [4.69, 9.17) is 4.74 Å². The Labute approximate surface area is 83.3 Å². The Morgan fingerprint density at radius 2 is 2.00 bits per heavy atom. The number of carbonyl (C=O) groups is 1. The van der Waals surface area contributed by atoms with Crippen LogP contribution >= 0.6 is 12.6 Å². The molecule has 0 aliphatic heterocycles. The van der Waals surface area contributed by atoms with Gasteiger partial charge < -0.3 is 4.74 Å². The van der Waals surface area contributed by atoms with E-state index in [9.17, 15) is 4.79 Å². The van der Waals surface area contributed by atoms with Crippen molar-refractivity contribution in [2.75, 3.05) is 12.4 Å². The van der Waals surface area contributed by atoms with E-state index in [-0.39, 0.29) is 5.97 Å². The average molecular weight is 196 g/mol. The van der Waals surface area contributed by atoms with Gasteiger partial charge in [-0.2, -0.15) is 12.6 Å². The maximum absolute atomic E-state index is 11.3. The summed E-state index contributed by atoms with van der Waals surface area (Å²) in [6, 6.07) is 7.29. The number of aryl methyl sites for hydroxylation is 1. The molecule has 0 bridgehead atoms. The highest BCUT2D eigenvalue weighted by molar-refractivity contribution is 7.80. The molecule has 0 amide bonds. The van der Waals surface area contributed by atoms with Crippen molar-refractivity contribution >= 4 is 18.6 Å². The number of hydrogen-bond donors (Lipinski definition) is 1. The van der Waals surface area contributed by atoms with Gasteiger partial charge in [-0.1, -0.05) is 17.7 Å². The average Bonchev–Trinajstić information content (AvgIpc) is 2.15. The summed E-state index contributed by atoms with van der Waals surface area (Å²) in [5.41, 5.74) is 1.72. The second-order valence-electron chi connectivity index (χ2n) is 2.73. The van der Waals surface area contributed by atoms with Crippen molar-refractivity contribution < 1.29 is 9.53 Å². The van der Waals surface area contributed by atoms with Crippen LogP contribution in [0.3, 0.4) is 0 Å². The van der Waals surface area contributed by atoms with Crippen LogP contribution < -0.4 is 0 Å². The van der Waals surface area contributed by atoms with Gasteiger partial charge in [0.1, 0.15) is 6.61 Å². The number of benzene rings is 1. The minimum absolute atomic E-state index is 0.283. The fourth-order valence-electron chi connectivity index (χ4n) is 0.911. The first-order valence-corrected chi connectivity index (χ1v) is 4.72. The van der Waals surface area contributed by atoms with E-state index in [2.05, 4.69) is 12.6 Å². The first kappa shape index (κ1) is 10.1. The molecule has 3 heteroatoms. The third-order valence-electron chi connectivity index (χ3n) is 1.61. The molecule has 0 saturated carbocycles. The Bertz CT molecular complexity index is 279. The van der Waals surface area contributed by atoms with Crippen LogP contribution in [0.15, 0.2) is 24.3 Å². The third-order valence-corrected chi connectivity index (χ3v) is 1.79. The van der Waals surface area contributed by atoms with E-state index in [1.807, 2.05) is 19.1 Å². The van der Waals surface area contributed by atoms with Gasteiger partial charge in [-0.25, -0.2) is 4.79 Å². The third kappa shape index (κ3) is 3.11. The van der Waals surface area contributed by atoms with Crippen LogP contribution in [0, 0.1) is 6.92 Å². The molecule has 0 spiro atoms. The van der Waals surface area contributed by atoms with Gasteiger partial charge in [0.05, 0.1) is 5.56 Å². The van der Waals surface area contributed by atoms with Gasteiger partial charge in [-0.15, -0.1) is 0 Å². The van der Waals surface area contributed by atoms with Gasteiger partial charge in [0.15, 0.2) is 0 Å². The summed E-state index contributed by atoms with van der Waals surface area (Å²) in [6.45, 7) is 2.33. The summed E-state index contributed by atoms with van der Waals surface area (Å²) >= 11 is 3.95. The topological polar surface area (TPSA) is 26.3 Å². The van der Waals surface area contributed by atoms with Gasteiger partial charge >= 0.3 is 5.97 Å². The highest BCUT2D eigenvalue weighted by Gasteiger charge is 2.04. The SMILES string of the molecule is Cc1ccc(C(=O)OCCS)cc1. The Kier molecular flexibility index (Phi) is 3.83. The molecule has 1 aromatic carbocycles. The van der Waals surface area contributed by atoms with Crippen molar-refractivity contribution in [2.24, 2.45) is 0 Å². The van der Waals surface area contributed by atoms with Crippen molar-refractivity contribution in [1.29, 1.82) is 0 Å². The number of hydrogen-bond acceptors (Lipinski definition) is 3. The van der Waals surface area contributed by atoms with E-state index in [1.165, 1.54) is 0 Å². The van der Waals surface area contributed by atoms with Crippen LogP contribution in [0.25, 0.3) is 0 Å². The molecule has 0 atom stereocenters. The molecule has 0 aliphatic carbocycles. The molecular formula is C10H12O2S. The molecule has 0 fully saturated rings. The van der Waals surface area contributed by atoms with Crippen LogP contribution in [-0.2, 0) is 4.74 Å². The Morgan fingerprint density at radius 3 is 2.54 bits per heavy atom. The zero-order valence-electron chi connectivity index (χ0n) is 7.49. The molecule has 0 saturated heterocycles. The summed E-state index contributed by atoms with van der Waals surface area (Å²) < 4.78 is 4.90. The molecule has 13 heavy (non-hydrogen) atoms. The number of thiol groups is 1. The zero-order chi connectivity index (χ0) is 9.68. The summed E-state index contributed by atoms with van der Waals surface area (Å²) in [4.78, 5) is 11.3. The molecule has 0 aliphatic rings. The molecule has 0 N–H and O–H groups in total. The van der Waals surface area contributed by atoms with Crippen LogP contribution in [0.4, 0.5) is 0 Å². The molecule has 0 unspecified atom stereocenters. The van der Waals surface area contributed by atoms with Gasteiger partial charge in [0, 0.05) is 5.75 Å². The van der Waals surface area contributed by atoms with E-state index in [0.717, 1.165) is 5.56 Å². The Hall–Kier alpha value is -0.960. The normalized spacial score (nSPS) is 9.69. The highest BCUT2D eigenvalue weighted by Crippen LogP contribution is 2.04. The van der Waals surface area contributed by atoms with E-state index in [1.54, 1.807) is 12.1 Å². The van der Waals surface area contributed by atoms with Gasteiger partial charge in [0.2, 0.25) is 0 Å². The molecule has 70 valence electrons. The summed E-state index contributed by atoms with van der Waals surface area (Å²) in [7, 11) is 0. The lowest BCUT2D eigenvalue weighted by Crippen LogP contribution is -2.06. The van der Waals surface area contributed by atoms with Crippen LogP contribution in [0.2, 0.25) is 0 Å². The zero-order valence-corrected chi connectivity index (χ0v) is 8.38. The maximum atomic E-state index is 11.3. The van der Waals surface area contributed by atoms with E-state index < -0.39 is 0 Å². The Balaban J connectivity index is 2.61. The highest BCUT2D eigenvalue weighted by atomic mass is 32.1. The van der Waals surface area contributed by atoms with Gasteiger partial charge in [0.25, 0.3) is 0 Å². The van der Waals surface area contributed by atoms with Crippen molar-refractivity contribution in [1.82, 2.24) is 0 Å². The standard InChI is InChI=1S/C10H12O2S/c1-8-2-4-9(5-3-8)10(11)12-6-7-13/h2-5,13H,6-7H2,1H3. The minimum atomic E-state index is -0.283. The number of esters is 1. The summed E-state index contributed by atoms with van der Waals surface area (Å²) in [5, 5.41) is 0. The molecule has 0 aromatic heterocycles. The molecule has 1 aromatic rings. The fraction of sp³-hybridized carbons (Fsp3) is 0.300. The number of carbonyl (C=O) groups excluding carboxylic acids is 1. The van der Waals surface area contributed by atoms with Gasteiger partial charge in [-0.05, 0) is 19.1 Å². The predicted octanol–water partition coefficient (Wildman–Crippen LogP) is 2.08. The van der Waals surface area contributed by atoms with Crippen LogP contribution in [-0.4, -0.2) is 18.3 Å². The first-order valence-electron chi connectivity index (χ1n) is 4.08. The smallest absolute Gasteiger partial charge is 0.338 e. The summed E-state index contributed by atoms with van der Waals surface area (Å²) in [6.07, 6.45) is 0. The number of ether oxygens (including phenoxy) is 1. The lowest BCUT2D eigenvalue weighted by Gasteiger charge is -2.02. The number of rotatable bonds is 3. The second kappa shape index (κ2) is 4.92. The van der Waals surface area contributed by atoms with Crippen LogP contribution in [0.5, 0.6) is 0 Å². The largest absolute Gasteiger partial charge is 0.461 e. The van der Waals surface area contributed by atoms with Crippen molar-refractivity contribution in [3.8, 4) is 0 Å². The monoisotopic (exact) mass is 196 g/mol. The van der Waals surface area contributed by atoms with Crippen molar-refractivity contribution in [2.45, 2.75) is 6.92 Å². The predicted molar refractivity (Wildman–Crippen MR) is 55.3 cm³/mol. The first-order chi connectivity index (χ1) is 6.24. The quantitative estimate of drug-likeness (QED) is 0.591. The molecular weight excluding hydrogens is 184 g/mol. The van der Waals surface area contributed by atoms with Gasteiger partial charge in [-0.3, -0.25) is 0 Å². The molecule has 0 heterocycles. The lowest BCUT2D eigenvalue weighted by molar-refractivity contribution is 0.0530. The molecule has 0 radical (unpaired) electrons. The molecule has 1 rings (SSSR count). The van der Waals surface area contributed by atoms with E-state index in [0.29, 0.717) is 17.9 Å². The minimum Gasteiger partial charge on any atom is -0.461 e. The summed E-state index contributed by atoms with van der Waals surface area (Å²) in [5.74, 6) is 0.270. The van der Waals surface area contributed by atoms with E-state index >= 15 is 0 Å². The van der Waals surface area contributed by atoms with Crippen LogP contribution in [0.1, 0.15) is 15.9 Å². The van der Waals surface area contributed by atoms with Crippen molar-refractivity contribution in [3.63, 3.8) is 0 Å². The van der Waals surface area contributed by atoms with Crippen molar-refractivity contribution in [3.05, 3.63) is 35.4 Å². The Morgan fingerprint density at radius 1 is 1.38 bits per heavy atom. The second-order valence-corrected chi connectivity index (χ2v) is 3.17. The lowest BCUT2D eigenvalue weighted by atomic mass is 10.1. The maximum Gasteiger partial charge on any atom is 0.338 e.